The van der Waals surface area contributed by atoms with Crippen LogP contribution >= 0.6 is 0 Å². The Balaban J connectivity index is 1.27. The summed E-state index contributed by atoms with van der Waals surface area (Å²) in [6, 6.07) is 0. The van der Waals surface area contributed by atoms with E-state index in [1.54, 1.807) is 6.08 Å². The van der Waals surface area contributed by atoms with Crippen molar-refractivity contribution in [2.75, 3.05) is 0 Å². The molecule has 31 heavy (non-hydrogen) atoms. The van der Waals surface area contributed by atoms with Crippen LogP contribution in [0.1, 0.15) is 71.6 Å². The third-order valence-electron chi connectivity index (χ3n) is 9.43. The van der Waals surface area contributed by atoms with Crippen LogP contribution in [0.4, 0.5) is 0 Å². The molecule has 3 fully saturated rings. The van der Waals surface area contributed by atoms with Gasteiger partial charge in [-0.1, -0.05) is 32.1 Å². The summed E-state index contributed by atoms with van der Waals surface area (Å²) in [4.78, 5) is 24.1. The quantitative estimate of drug-likeness (QED) is 0.624. The van der Waals surface area contributed by atoms with Crippen molar-refractivity contribution in [3.63, 3.8) is 0 Å². The Morgan fingerprint density at radius 3 is 2.74 bits per heavy atom. The molecule has 0 bridgehead atoms. The van der Waals surface area contributed by atoms with Gasteiger partial charge in [-0.25, -0.2) is 4.21 Å². The molecule has 0 radical (unpaired) electrons. The molecule has 0 aromatic carbocycles. The first-order chi connectivity index (χ1) is 14.8. The number of amides is 1. The molecular weight excluding hydrogens is 406 g/mol. The van der Waals surface area contributed by atoms with Gasteiger partial charge < -0.3 is 0 Å². The number of fused-ring (bicyclic) bond motifs is 5. The fraction of sp³-hybridized carbons (Fsp3) is 0.692. The van der Waals surface area contributed by atoms with Crippen LogP contribution in [0.15, 0.2) is 36.0 Å². The average molecular weight is 442 g/mol. The van der Waals surface area contributed by atoms with E-state index >= 15 is 0 Å². The summed E-state index contributed by atoms with van der Waals surface area (Å²) in [5.41, 5.74) is 1.73. The fourth-order valence-corrected chi connectivity index (χ4v) is 8.33. The van der Waals surface area contributed by atoms with Gasteiger partial charge in [0, 0.05) is 6.42 Å². The molecular formula is C26H35NO3S. The molecule has 168 valence electrons. The lowest BCUT2D eigenvalue weighted by molar-refractivity contribution is -0.116. The highest BCUT2D eigenvalue weighted by Gasteiger charge is 2.57. The molecule has 0 aromatic heterocycles. The van der Waals surface area contributed by atoms with E-state index in [1.807, 2.05) is 12.2 Å². The van der Waals surface area contributed by atoms with Gasteiger partial charge >= 0.3 is 0 Å². The van der Waals surface area contributed by atoms with E-state index in [1.165, 1.54) is 31.3 Å². The summed E-state index contributed by atoms with van der Waals surface area (Å²) in [5, 5.41) is 0.171. The van der Waals surface area contributed by atoms with Gasteiger partial charge in [0.15, 0.2) is 5.78 Å². The third kappa shape index (κ3) is 3.71. The lowest BCUT2D eigenvalue weighted by Crippen LogP contribution is -2.48. The lowest BCUT2D eigenvalue weighted by Gasteiger charge is -2.56. The molecule has 1 amide bonds. The number of hydrogen-bond donors (Lipinski definition) is 1. The maximum atomic E-state index is 12.1. The molecule has 7 unspecified atom stereocenters. The summed E-state index contributed by atoms with van der Waals surface area (Å²) < 4.78 is 14.5. The van der Waals surface area contributed by atoms with E-state index in [-0.39, 0.29) is 22.4 Å². The van der Waals surface area contributed by atoms with Gasteiger partial charge in [-0.15, -0.1) is 0 Å². The highest BCUT2D eigenvalue weighted by molar-refractivity contribution is 7.84. The molecule has 0 heterocycles. The SMILES string of the molecule is CC12CCC(=O)C=C1C=CC1C2CCC2(C)C(C/C=C/C(=O)NS(=O)C3CC3)CCC12. The normalized spacial score (nSPS) is 42.5. The van der Waals surface area contributed by atoms with Crippen molar-refractivity contribution in [3.8, 4) is 0 Å². The second-order valence-corrected chi connectivity index (χ2v) is 12.5. The first-order valence-electron chi connectivity index (χ1n) is 12.1. The summed E-state index contributed by atoms with van der Waals surface area (Å²) in [6.45, 7) is 4.88. The van der Waals surface area contributed by atoms with Crippen LogP contribution in [0.2, 0.25) is 0 Å². The van der Waals surface area contributed by atoms with Crippen LogP contribution in [0, 0.1) is 34.5 Å². The predicted octanol–water partition coefficient (Wildman–Crippen LogP) is 4.80. The number of carbonyl (C=O) groups is 2. The number of carbonyl (C=O) groups excluding carboxylic acids is 2. The standard InChI is InChI=1S/C26H35NO3S/c1-25-15-13-23-21(10-6-18-16-19(28)12-14-26(18,23)2)22(25)11-7-17(25)4-3-5-24(29)27-31(30)20-8-9-20/h3,5-6,10,16-17,20-23H,4,7-9,11-15H2,1-2H3,(H,27,29)/b5-3+. The molecule has 4 nitrogen and oxygen atoms in total. The van der Waals surface area contributed by atoms with Gasteiger partial charge in [0.1, 0.15) is 11.0 Å². The van der Waals surface area contributed by atoms with Gasteiger partial charge in [0.05, 0.1) is 5.25 Å². The zero-order valence-corrected chi connectivity index (χ0v) is 19.6. The zero-order valence-electron chi connectivity index (χ0n) is 18.8. The monoisotopic (exact) mass is 441 g/mol. The largest absolute Gasteiger partial charge is 0.295 e. The molecule has 5 rings (SSSR count). The molecule has 0 saturated heterocycles. The topological polar surface area (TPSA) is 63.2 Å². The minimum Gasteiger partial charge on any atom is -0.295 e. The van der Waals surface area contributed by atoms with Crippen molar-refractivity contribution >= 4 is 22.7 Å². The molecule has 1 N–H and O–H groups in total. The highest BCUT2D eigenvalue weighted by atomic mass is 32.2. The molecule has 0 aliphatic heterocycles. The number of allylic oxidation sites excluding steroid dienone is 5. The molecule has 5 aliphatic carbocycles. The lowest BCUT2D eigenvalue weighted by atomic mass is 9.48. The predicted molar refractivity (Wildman–Crippen MR) is 123 cm³/mol. The first kappa shape index (κ1) is 21.4. The molecule has 5 heteroatoms. The van der Waals surface area contributed by atoms with Crippen LogP contribution in [0.3, 0.4) is 0 Å². The van der Waals surface area contributed by atoms with Crippen molar-refractivity contribution in [2.24, 2.45) is 34.5 Å². The smallest absolute Gasteiger partial charge is 0.255 e. The summed E-state index contributed by atoms with van der Waals surface area (Å²) in [7, 11) is -1.21. The summed E-state index contributed by atoms with van der Waals surface area (Å²) in [6.07, 6.45) is 19.7. The van der Waals surface area contributed by atoms with E-state index in [9.17, 15) is 13.8 Å². The van der Waals surface area contributed by atoms with Gasteiger partial charge in [-0.2, -0.15) is 0 Å². The van der Waals surface area contributed by atoms with Crippen molar-refractivity contribution in [3.05, 3.63) is 36.0 Å². The molecule has 0 spiro atoms. The van der Waals surface area contributed by atoms with Crippen LogP contribution in [-0.4, -0.2) is 21.1 Å². The zero-order chi connectivity index (χ0) is 21.8. The first-order valence-corrected chi connectivity index (χ1v) is 13.3. The third-order valence-corrected chi connectivity index (χ3v) is 10.9. The van der Waals surface area contributed by atoms with Gasteiger partial charge in [-0.05, 0) is 104 Å². The minimum atomic E-state index is -1.21. The number of rotatable bonds is 5. The second-order valence-electron chi connectivity index (χ2n) is 11.1. The Morgan fingerprint density at radius 1 is 1.16 bits per heavy atom. The van der Waals surface area contributed by atoms with E-state index in [2.05, 4.69) is 30.7 Å². The Labute approximate surface area is 188 Å². The van der Waals surface area contributed by atoms with Gasteiger partial charge in [0.2, 0.25) is 0 Å². The van der Waals surface area contributed by atoms with E-state index in [0.717, 1.165) is 25.7 Å². The van der Waals surface area contributed by atoms with Gasteiger partial charge in [-0.3, -0.25) is 14.3 Å². The molecule has 0 aromatic rings. The minimum absolute atomic E-state index is 0.155. The van der Waals surface area contributed by atoms with Crippen molar-refractivity contribution in [2.45, 2.75) is 76.9 Å². The number of ketones is 1. The Kier molecular flexibility index (Phi) is 5.39. The van der Waals surface area contributed by atoms with E-state index in [4.69, 9.17) is 0 Å². The Morgan fingerprint density at radius 2 is 1.97 bits per heavy atom. The second kappa shape index (κ2) is 7.83. The van der Waals surface area contributed by atoms with Crippen LogP contribution in [0.5, 0.6) is 0 Å². The summed E-state index contributed by atoms with van der Waals surface area (Å²) >= 11 is 0. The van der Waals surface area contributed by atoms with Crippen molar-refractivity contribution in [1.82, 2.24) is 4.72 Å². The van der Waals surface area contributed by atoms with Crippen molar-refractivity contribution < 1.29 is 13.8 Å². The van der Waals surface area contributed by atoms with Gasteiger partial charge in [0.25, 0.3) is 5.91 Å². The van der Waals surface area contributed by atoms with Crippen LogP contribution in [0.25, 0.3) is 0 Å². The maximum Gasteiger partial charge on any atom is 0.255 e. The van der Waals surface area contributed by atoms with Crippen molar-refractivity contribution in [1.29, 1.82) is 0 Å². The molecule has 3 saturated carbocycles. The average Bonchev–Trinajstić information content (AvgIpc) is 3.52. The Bertz CT molecular complexity index is 900. The Hall–Kier alpha value is -1.49. The van der Waals surface area contributed by atoms with E-state index < -0.39 is 11.0 Å². The molecule has 5 aliphatic rings. The number of hydrogen-bond acceptors (Lipinski definition) is 3. The highest BCUT2D eigenvalue weighted by Crippen LogP contribution is 2.65. The van der Waals surface area contributed by atoms with Crippen LogP contribution in [-0.2, 0) is 20.6 Å². The number of nitrogens with one attached hydrogen (secondary N) is 1. The maximum absolute atomic E-state index is 12.1. The molecule has 7 atom stereocenters. The van der Waals surface area contributed by atoms with Crippen LogP contribution < -0.4 is 4.72 Å². The fourth-order valence-electron chi connectivity index (χ4n) is 7.33. The summed E-state index contributed by atoms with van der Waals surface area (Å²) in [5.74, 6) is 2.60. The van der Waals surface area contributed by atoms with E-state index in [0.29, 0.717) is 35.5 Å².